The lowest BCUT2D eigenvalue weighted by Crippen LogP contribution is -2.19. The first-order chi connectivity index (χ1) is 9.83. The summed E-state index contributed by atoms with van der Waals surface area (Å²) in [5, 5.41) is 2.86. The number of hydrogen-bond donors (Lipinski definition) is 1. The third-order valence-electron chi connectivity index (χ3n) is 3.50. The number of rotatable bonds is 3. The Bertz CT molecular complexity index is 592. The van der Waals surface area contributed by atoms with Crippen LogP contribution in [0.25, 0.3) is 0 Å². The van der Waals surface area contributed by atoms with E-state index in [2.05, 4.69) is 21.3 Å². The van der Waals surface area contributed by atoms with Gasteiger partial charge in [-0.05, 0) is 43.2 Å². The Morgan fingerprint density at radius 3 is 2.75 bits per heavy atom. The van der Waals surface area contributed by atoms with Gasteiger partial charge in [0.1, 0.15) is 0 Å². The highest BCUT2D eigenvalue weighted by Gasteiger charge is 2.14. The lowest BCUT2D eigenvalue weighted by atomic mass is 10.1. The summed E-state index contributed by atoms with van der Waals surface area (Å²) in [6.45, 7) is 2.15. The minimum Gasteiger partial charge on any atom is -0.372 e. The maximum absolute atomic E-state index is 12.2. The van der Waals surface area contributed by atoms with Gasteiger partial charge in [0.15, 0.2) is 0 Å². The van der Waals surface area contributed by atoms with Crippen molar-refractivity contribution in [3.05, 3.63) is 54.4 Å². The van der Waals surface area contributed by atoms with Crippen molar-refractivity contribution >= 4 is 17.3 Å². The molecule has 1 N–H and O–H groups in total. The number of aromatic nitrogens is 1. The molecule has 0 atom stereocenters. The number of pyridine rings is 1. The Morgan fingerprint density at radius 1 is 1.15 bits per heavy atom. The molecule has 0 radical (unpaired) electrons. The van der Waals surface area contributed by atoms with Crippen LogP contribution in [0.5, 0.6) is 0 Å². The minimum atomic E-state index is -0.0981. The van der Waals surface area contributed by atoms with Crippen LogP contribution in [0.3, 0.4) is 0 Å². The normalized spacial score (nSPS) is 14.3. The number of carbonyl (C=O) groups is 1. The summed E-state index contributed by atoms with van der Waals surface area (Å²) in [7, 11) is 0. The van der Waals surface area contributed by atoms with Crippen LogP contribution in [0, 0.1) is 0 Å². The monoisotopic (exact) mass is 267 g/mol. The van der Waals surface area contributed by atoms with Crippen LogP contribution in [-0.4, -0.2) is 24.0 Å². The van der Waals surface area contributed by atoms with Crippen LogP contribution in [0.2, 0.25) is 0 Å². The third kappa shape index (κ3) is 2.79. The first-order valence-electron chi connectivity index (χ1n) is 6.89. The number of anilines is 2. The zero-order chi connectivity index (χ0) is 13.8. The van der Waals surface area contributed by atoms with E-state index in [1.807, 2.05) is 24.3 Å². The first kappa shape index (κ1) is 12.7. The first-order valence-corrected chi connectivity index (χ1v) is 6.89. The molecule has 1 aromatic heterocycles. The third-order valence-corrected chi connectivity index (χ3v) is 3.50. The van der Waals surface area contributed by atoms with E-state index in [1.54, 1.807) is 18.5 Å². The molecule has 2 heterocycles. The van der Waals surface area contributed by atoms with E-state index in [9.17, 15) is 4.79 Å². The second-order valence-corrected chi connectivity index (χ2v) is 4.94. The predicted octanol–water partition coefficient (Wildman–Crippen LogP) is 2.93. The Kier molecular flexibility index (Phi) is 3.63. The van der Waals surface area contributed by atoms with E-state index in [4.69, 9.17) is 0 Å². The van der Waals surface area contributed by atoms with Crippen molar-refractivity contribution in [1.29, 1.82) is 0 Å². The Labute approximate surface area is 118 Å². The maximum Gasteiger partial charge on any atom is 0.255 e. The fourth-order valence-electron chi connectivity index (χ4n) is 2.46. The summed E-state index contributed by atoms with van der Waals surface area (Å²) in [5.74, 6) is -0.0981. The van der Waals surface area contributed by atoms with E-state index in [0.717, 1.165) is 18.8 Å². The molecule has 0 saturated carbocycles. The van der Waals surface area contributed by atoms with E-state index in [0.29, 0.717) is 11.3 Å². The minimum absolute atomic E-state index is 0.0981. The van der Waals surface area contributed by atoms with Crippen LogP contribution in [0.15, 0.2) is 48.8 Å². The maximum atomic E-state index is 12.2. The molecule has 1 amide bonds. The van der Waals surface area contributed by atoms with Gasteiger partial charge >= 0.3 is 0 Å². The van der Waals surface area contributed by atoms with E-state index in [-0.39, 0.29) is 5.91 Å². The number of carbonyl (C=O) groups excluding carboxylic acids is 1. The molecule has 1 aromatic carbocycles. The zero-order valence-corrected chi connectivity index (χ0v) is 11.2. The van der Waals surface area contributed by atoms with Gasteiger partial charge in [0.2, 0.25) is 0 Å². The topological polar surface area (TPSA) is 45.2 Å². The number of nitrogens with zero attached hydrogens (tertiary/aromatic N) is 2. The summed E-state index contributed by atoms with van der Waals surface area (Å²) < 4.78 is 0. The summed E-state index contributed by atoms with van der Waals surface area (Å²) >= 11 is 0. The van der Waals surface area contributed by atoms with Crippen LogP contribution >= 0.6 is 0 Å². The number of hydrogen-bond acceptors (Lipinski definition) is 3. The largest absolute Gasteiger partial charge is 0.372 e. The van der Waals surface area contributed by atoms with Crippen molar-refractivity contribution in [1.82, 2.24) is 4.98 Å². The molecule has 1 aliphatic heterocycles. The van der Waals surface area contributed by atoms with Crippen LogP contribution in [0.1, 0.15) is 23.2 Å². The highest BCUT2D eigenvalue weighted by Crippen LogP contribution is 2.21. The number of amides is 1. The summed E-state index contributed by atoms with van der Waals surface area (Å²) in [6.07, 6.45) is 5.78. The molecule has 1 aliphatic rings. The van der Waals surface area contributed by atoms with Gasteiger partial charge in [-0.2, -0.15) is 0 Å². The smallest absolute Gasteiger partial charge is 0.255 e. The number of benzene rings is 1. The Morgan fingerprint density at radius 2 is 2.00 bits per heavy atom. The lowest BCUT2D eigenvalue weighted by Gasteiger charge is -2.18. The second kappa shape index (κ2) is 5.74. The molecule has 1 fully saturated rings. The fraction of sp³-hybridized carbons (Fsp3) is 0.250. The molecule has 102 valence electrons. The van der Waals surface area contributed by atoms with Gasteiger partial charge in [-0.1, -0.05) is 6.07 Å². The van der Waals surface area contributed by atoms with E-state index < -0.39 is 0 Å². The quantitative estimate of drug-likeness (QED) is 0.930. The second-order valence-electron chi connectivity index (χ2n) is 4.94. The van der Waals surface area contributed by atoms with Crippen molar-refractivity contribution in [2.45, 2.75) is 12.8 Å². The van der Waals surface area contributed by atoms with Crippen molar-refractivity contribution in [2.24, 2.45) is 0 Å². The molecule has 0 spiro atoms. The average Bonchev–Trinajstić information content (AvgIpc) is 3.03. The standard InChI is InChI=1S/C16H17N3O/c20-16(18-14-6-4-8-17-12-14)13-5-3-7-15(11-13)19-9-1-2-10-19/h3-8,11-12H,1-2,9-10H2,(H,18,20). The lowest BCUT2D eigenvalue weighted by molar-refractivity contribution is 0.102. The molecule has 0 bridgehead atoms. The molecule has 0 aliphatic carbocycles. The summed E-state index contributed by atoms with van der Waals surface area (Å²) in [4.78, 5) is 18.5. The van der Waals surface area contributed by atoms with Crippen LogP contribution in [0.4, 0.5) is 11.4 Å². The predicted molar refractivity (Wildman–Crippen MR) is 80.1 cm³/mol. The number of nitrogens with one attached hydrogen (secondary N) is 1. The van der Waals surface area contributed by atoms with Crippen molar-refractivity contribution in [2.75, 3.05) is 23.3 Å². The fourth-order valence-corrected chi connectivity index (χ4v) is 2.46. The van der Waals surface area contributed by atoms with Gasteiger partial charge < -0.3 is 10.2 Å². The van der Waals surface area contributed by atoms with Crippen molar-refractivity contribution in [3.63, 3.8) is 0 Å². The Hall–Kier alpha value is -2.36. The van der Waals surface area contributed by atoms with E-state index >= 15 is 0 Å². The zero-order valence-electron chi connectivity index (χ0n) is 11.2. The average molecular weight is 267 g/mol. The van der Waals surface area contributed by atoms with Crippen molar-refractivity contribution in [3.8, 4) is 0 Å². The van der Waals surface area contributed by atoms with Gasteiger partial charge in [-0.15, -0.1) is 0 Å². The molecule has 4 heteroatoms. The molecule has 1 saturated heterocycles. The van der Waals surface area contributed by atoms with Gasteiger partial charge in [-0.25, -0.2) is 0 Å². The van der Waals surface area contributed by atoms with Gasteiger partial charge in [0, 0.05) is 30.5 Å². The molecular weight excluding hydrogens is 250 g/mol. The SMILES string of the molecule is O=C(Nc1cccnc1)c1cccc(N2CCCC2)c1. The molecule has 4 nitrogen and oxygen atoms in total. The van der Waals surface area contributed by atoms with Gasteiger partial charge in [-0.3, -0.25) is 9.78 Å². The molecule has 0 unspecified atom stereocenters. The molecule has 3 rings (SSSR count). The Balaban J connectivity index is 1.76. The van der Waals surface area contributed by atoms with E-state index in [1.165, 1.54) is 12.8 Å². The summed E-state index contributed by atoms with van der Waals surface area (Å²) in [5.41, 5.74) is 2.52. The highest BCUT2D eigenvalue weighted by atomic mass is 16.1. The molecule has 20 heavy (non-hydrogen) atoms. The summed E-state index contributed by atoms with van der Waals surface area (Å²) in [6, 6.07) is 11.4. The molecule has 2 aromatic rings. The van der Waals surface area contributed by atoms with Crippen molar-refractivity contribution < 1.29 is 4.79 Å². The van der Waals surface area contributed by atoms with Gasteiger partial charge in [0.05, 0.1) is 11.9 Å². The highest BCUT2D eigenvalue weighted by molar-refractivity contribution is 6.04. The molecular formula is C16H17N3O. The van der Waals surface area contributed by atoms with Gasteiger partial charge in [0.25, 0.3) is 5.91 Å². The van der Waals surface area contributed by atoms with Crippen LogP contribution in [-0.2, 0) is 0 Å². The van der Waals surface area contributed by atoms with Crippen LogP contribution < -0.4 is 10.2 Å².